The van der Waals surface area contributed by atoms with Gasteiger partial charge < -0.3 is 15.2 Å². The number of carbonyl (C=O) groups is 1. The summed E-state index contributed by atoms with van der Waals surface area (Å²) in [6.07, 6.45) is -10.2. The van der Waals surface area contributed by atoms with Gasteiger partial charge in [-0.2, -0.15) is 31.6 Å². The van der Waals surface area contributed by atoms with Crippen LogP contribution in [0.3, 0.4) is 0 Å². The van der Waals surface area contributed by atoms with Crippen molar-refractivity contribution >= 4 is 11.6 Å². The third kappa shape index (κ3) is 6.50. The van der Waals surface area contributed by atoms with E-state index in [1.807, 2.05) is 0 Å². The highest BCUT2D eigenvalue weighted by molar-refractivity contribution is 6.00. The summed E-state index contributed by atoms with van der Waals surface area (Å²) in [5.74, 6) is 3.21. The van der Waals surface area contributed by atoms with E-state index < -0.39 is 63.9 Å². The molecule has 3 aromatic carbocycles. The van der Waals surface area contributed by atoms with Crippen molar-refractivity contribution in [1.29, 1.82) is 5.26 Å². The molecule has 0 spiro atoms. The first-order chi connectivity index (χ1) is 19.6. The zero-order chi connectivity index (χ0) is 30.9. The van der Waals surface area contributed by atoms with E-state index in [2.05, 4.69) is 17.2 Å². The molecule has 1 aliphatic rings. The first-order valence-corrected chi connectivity index (χ1v) is 12.3. The number of carbonyl (C=O) groups excluding carboxylic acids is 1. The number of amides is 1. The van der Waals surface area contributed by atoms with Crippen LogP contribution >= 0.6 is 0 Å². The van der Waals surface area contributed by atoms with Crippen LogP contribution in [0.4, 0.5) is 36.4 Å². The van der Waals surface area contributed by atoms with Crippen LogP contribution in [0.25, 0.3) is 0 Å². The molecule has 1 atom stereocenters. The van der Waals surface area contributed by atoms with E-state index in [4.69, 9.17) is 10.00 Å². The van der Waals surface area contributed by atoms with Crippen LogP contribution in [0, 0.1) is 29.0 Å². The minimum absolute atomic E-state index is 0.111. The van der Waals surface area contributed by atoms with Crippen molar-refractivity contribution in [3.05, 3.63) is 94.3 Å². The Bertz CT molecular complexity index is 1610. The molecule has 12 heteroatoms. The monoisotopic (exact) mass is 590 g/mol. The van der Waals surface area contributed by atoms with Gasteiger partial charge in [0.15, 0.2) is 0 Å². The van der Waals surface area contributed by atoms with Crippen LogP contribution in [0.2, 0.25) is 0 Å². The van der Waals surface area contributed by atoms with E-state index in [-0.39, 0.29) is 18.4 Å². The summed E-state index contributed by atoms with van der Waals surface area (Å²) in [5.41, 5.74) is -7.75. The molecular weight excluding hydrogens is 569 g/mol. The molecule has 1 fully saturated rings. The fourth-order valence-electron chi connectivity index (χ4n) is 4.51. The van der Waals surface area contributed by atoms with Crippen LogP contribution in [0.1, 0.15) is 47.1 Å². The summed E-state index contributed by atoms with van der Waals surface area (Å²) in [7, 11) is 1.43. The lowest BCUT2D eigenvalue weighted by molar-refractivity contribution is -0.138. The summed E-state index contributed by atoms with van der Waals surface area (Å²) < 4.78 is 100. The number of nitrogens with one attached hydrogen (secondary N) is 1. The predicted octanol–water partition coefficient (Wildman–Crippen LogP) is 6.59. The van der Waals surface area contributed by atoms with Gasteiger partial charge in [-0.1, -0.05) is 11.8 Å². The van der Waals surface area contributed by atoms with Crippen molar-refractivity contribution in [3.63, 3.8) is 0 Å². The molecule has 218 valence electrons. The first kappa shape index (κ1) is 30.4. The van der Waals surface area contributed by atoms with Gasteiger partial charge in [0.1, 0.15) is 11.6 Å². The Morgan fingerprint density at radius 1 is 1.00 bits per heavy atom. The Balaban J connectivity index is 1.75. The molecule has 1 aliphatic carbocycles. The molecule has 0 radical (unpaired) electrons. The quantitative estimate of drug-likeness (QED) is 0.251. The molecule has 0 saturated heterocycles. The van der Waals surface area contributed by atoms with Crippen LogP contribution < -0.4 is 10.1 Å². The van der Waals surface area contributed by atoms with Gasteiger partial charge in [-0.15, -0.1) is 0 Å². The second-order valence-electron chi connectivity index (χ2n) is 9.81. The first-order valence-electron chi connectivity index (χ1n) is 12.3. The van der Waals surface area contributed by atoms with E-state index in [9.17, 15) is 40.6 Å². The van der Waals surface area contributed by atoms with Crippen LogP contribution in [-0.4, -0.2) is 23.7 Å². The fourth-order valence-corrected chi connectivity index (χ4v) is 4.51. The summed E-state index contributed by atoms with van der Waals surface area (Å²) in [4.78, 5) is 13.4. The maximum absolute atomic E-state index is 14.8. The fraction of sp³-hybridized carbons (Fsp3) is 0.267. The van der Waals surface area contributed by atoms with E-state index >= 15 is 0 Å². The largest absolute Gasteiger partial charge is 0.497 e. The molecule has 1 amide bonds. The normalized spacial score (nSPS) is 15.4. The Morgan fingerprint density at radius 3 is 2.21 bits per heavy atom. The molecule has 0 aliphatic heterocycles. The van der Waals surface area contributed by atoms with Gasteiger partial charge in [-0.25, -0.2) is 4.39 Å². The zero-order valence-corrected chi connectivity index (χ0v) is 21.8. The molecule has 2 N–H and O–H groups in total. The van der Waals surface area contributed by atoms with E-state index in [0.717, 1.165) is 12.1 Å². The third-order valence-corrected chi connectivity index (χ3v) is 6.90. The topological polar surface area (TPSA) is 82.3 Å². The number of halogens is 7. The molecule has 1 saturated carbocycles. The number of ether oxygens (including phenoxy) is 1. The smallest absolute Gasteiger partial charge is 0.417 e. The van der Waals surface area contributed by atoms with Gasteiger partial charge in [0.05, 0.1) is 29.9 Å². The van der Waals surface area contributed by atoms with Crippen LogP contribution in [0.5, 0.6) is 5.75 Å². The highest BCUT2D eigenvalue weighted by atomic mass is 19.4. The third-order valence-electron chi connectivity index (χ3n) is 6.90. The predicted molar refractivity (Wildman–Crippen MR) is 137 cm³/mol. The van der Waals surface area contributed by atoms with Gasteiger partial charge in [-0.3, -0.25) is 4.79 Å². The minimum atomic E-state index is -4.94. The Hall–Kier alpha value is -4.55. The van der Waals surface area contributed by atoms with Crippen molar-refractivity contribution in [1.82, 2.24) is 0 Å². The summed E-state index contributed by atoms with van der Waals surface area (Å²) in [6.45, 7) is 0. The number of methoxy groups -OCH3 is 1. The van der Waals surface area contributed by atoms with Crippen molar-refractivity contribution in [2.75, 3.05) is 12.4 Å². The molecule has 1 unspecified atom stereocenters. The second kappa shape index (κ2) is 11.0. The minimum Gasteiger partial charge on any atom is -0.497 e. The zero-order valence-electron chi connectivity index (χ0n) is 21.8. The summed E-state index contributed by atoms with van der Waals surface area (Å²) >= 11 is 0. The molecule has 0 heterocycles. The number of rotatable bonds is 6. The van der Waals surface area contributed by atoms with Crippen LogP contribution in [-0.2, 0) is 22.6 Å². The van der Waals surface area contributed by atoms with E-state index in [1.54, 1.807) is 12.1 Å². The molecule has 3 aromatic rings. The highest BCUT2D eigenvalue weighted by Crippen LogP contribution is 2.55. The molecule has 42 heavy (non-hydrogen) atoms. The molecule has 0 aromatic heterocycles. The van der Waals surface area contributed by atoms with Crippen LogP contribution in [0.15, 0.2) is 60.7 Å². The molecular formula is C30H21F7N2O3. The van der Waals surface area contributed by atoms with Gasteiger partial charge >= 0.3 is 12.4 Å². The van der Waals surface area contributed by atoms with Crippen molar-refractivity contribution < 1.29 is 45.4 Å². The lowest BCUT2D eigenvalue weighted by atomic mass is 9.81. The van der Waals surface area contributed by atoms with Gasteiger partial charge in [0, 0.05) is 23.1 Å². The lowest BCUT2D eigenvalue weighted by Gasteiger charge is -2.28. The van der Waals surface area contributed by atoms with Crippen molar-refractivity contribution in [2.45, 2.75) is 42.6 Å². The van der Waals surface area contributed by atoms with Gasteiger partial charge in [-0.05, 0) is 79.1 Å². The summed E-state index contributed by atoms with van der Waals surface area (Å²) in [5, 5.41) is 22.7. The number of anilines is 1. The second-order valence-corrected chi connectivity index (χ2v) is 9.81. The lowest BCUT2D eigenvalue weighted by Crippen LogP contribution is -2.44. The Labute approximate surface area is 235 Å². The number of alkyl halides is 6. The summed E-state index contributed by atoms with van der Waals surface area (Å²) in [6, 6.07) is 11.7. The molecule has 5 nitrogen and oxygen atoms in total. The number of nitriles is 1. The SMILES string of the molecule is COc1ccc(C#CC(O)(CC2(c3cc(C(F)(F)F)ccc3F)CC2)C(=O)Nc2ccc(C#N)c(C(F)(F)F)c2)cc1. The maximum Gasteiger partial charge on any atom is 0.417 e. The van der Waals surface area contributed by atoms with E-state index in [1.165, 1.54) is 25.3 Å². The van der Waals surface area contributed by atoms with Crippen molar-refractivity contribution in [2.24, 2.45) is 0 Å². The molecule has 0 bridgehead atoms. The Morgan fingerprint density at radius 2 is 1.67 bits per heavy atom. The average molecular weight is 590 g/mol. The van der Waals surface area contributed by atoms with Gasteiger partial charge in [0.2, 0.25) is 5.60 Å². The number of hydrogen-bond acceptors (Lipinski definition) is 4. The highest BCUT2D eigenvalue weighted by Gasteiger charge is 2.54. The maximum atomic E-state index is 14.8. The standard InChI is InChI=1S/C30H21F7N2O3/c1-42-22-7-2-18(3-8-22)10-11-28(41,26(40)39-21-6-4-19(16-38)23(15-21)30(35,36)37)17-27(12-13-27)24-14-20(29(32,33)34)5-9-25(24)31/h2-9,14-15,41H,12-13,17H2,1H3,(H,39,40). The number of hydrogen-bond donors (Lipinski definition) is 2. The van der Waals surface area contributed by atoms with Crippen molar-refractivity contribution in [3.8, 4) is 23.7 Å². The number of nitrogens with zero attached hydrogens (tertiary/aromatic N) is 1. The average Bonchev–Trinajstić information content (AvgIpc) is 3.71. The van der Waals surface area contributed by atoms with Gasteiger partial charge in [0.25, 0.3) is 5.91 Å². The molecule has 4 rings (SSSR count). The Kier molecular flexibility index (Phi) is 7.98. The number of aliphatic hydroxyl groups is 1. The number of benzene rings is 3. The van der Waals surface area contributed by atoms with E-state index in [0.29, 0.717) is 35.6 Å².